The third kappa shape index (κ3) is 3.88. The lowest BCUT2D eigenvalue weighted by Crippen LogP contribution is -2.25. The van der Waals surface area contributed by atoms with Gasteiger partial charge in [0.1, 0.15) is 5.65 Å². The van der Waals surface area contributed by atoms with Crippen molar-refractivity contribution in [2.24, 2.45) is 0 Å². The van der Waals surface area contributed by atoms with Crippen molar-refractivity contribution >= 4 is 82.9 Å². The Kier molecular flexibility index (Phi) is 5.99. The van der Waals surface area contributed by atoms with Crippen molar-refractivity contribution in [3.8, 4) is 11.1 Å². The van der Waals surface area contributed by atoms with Crippen LogP contribution in [0, 0.1) is 0 Å². The molecule has 0 spiro atoms. The monoisotopic (exact) mass is 610 g/mol. The molecule has 0 unspecified atom stereocenters. The maximum absolute atomic E-state index is 6.82. The summed E-state index contributed by atoms with van der Waals surface area (Å²) in [6.07, 6.45) is 0. The van der Waals surface area contributed by atoms with Gasteiger partial charge in [-0.2, -0.15) is 0 Å². The van der Waals surface area contributed by atoms with Crippen molar-refractivity contribution in [3.05, 3.63) is 164 Å². The Morgan fingerprint density at radius 2 is 1.00 bits per heavy atom. The number of nitrogens with zero attached hydrogens (tertiary/aromatic N) is 2. The summed E-state index contributed by atoms with van der Waals surface area (Å²) in [5.74, 6) is 0. The molecule has 2 heterocycles. The molecule has 7 aromatic carbocycles. The fourth-order valence-corrected chi connectivity index (χ4v) is 11.2. The van der Waals surface area contributed by atoms with E-state index in [1.165, 1.54) is 48.6 Å². The molecule has 0 bridgehead atoms. The topological polar surface area (TPSA) is 17.3 Å². The molecule has 0 N–H and O–H groups in total. The maximum atomic E-state index is 6.82. The van der Waals surface area contributed by atoms with Gasteiger partial charge in [-0.15, -0.1) is 0 Å². The third-order valence-corrected chi connectivity index (χ3v) is 14.0. The van der Waals surface area contributed by atoms with Crippen LogP contribution >= 0.6 is 6.04 Å². The van der Waals surface area contributed by atoms with E-state index in [9.17, 15) is 0 Å². The molecule has 0 aliphatic carbocycles. The fraction of sp³-hybridized carbons (Fsp3) is 0. The van der Waals surface area contributed by atoms with Gasteiger partial charge in [-0.25, -0.2) is 4.98 Å². The zero-order valence-corrected chi connectivity index (χ0v) is 26.0. The largest absolute Gasteiger partial charge is 0.292 e. The van der Waals surface area contributed by atoms with Gasteiger partial charge in [0, 0.05) is 22.1 Å². The van der Waals surface area contributed by atoms with Crippen LogP contribution in [0.4, 0.5) is 0 Å². The van der Waals surface area contributed by atoms with E-state index in [0.717, 1.165) is 27.6 Å². The minimum atomic E-state index is -2.35. The van der Waals surface area contributed by atoms with E-state index >= 15 is 0 Å². The first-order valence-corrected chi connectivity index (χ1v) is 18.0. The second kappa shape index (κ2) is 10.2. The Morgan fingerprint density at radius 3 is 1.78 bits per heavy atom. The Hall–Kier alpha value is -5.08. The van der Waals surface area contributed by atoms with E-state index in [-0.39, 0.29) is 0 Å². The van der Waals surface area contributed by atoms with Crippen LogP contribution in [-0.4, -0.2) is 9.38 Å². The van der Waals surface area contributed by atoms with Crippen molar-refractivity contribution in [2.75, 3.05) is 0 Å². The molecule has 45 heavy (non-hydrogen) atoms. The molecule has 0 saturated carbocycles. The molecule has 4 heteroatoms. The van der Waals surface area contributed by atoms with Gasteiger partial charge in [0.15, 0.2) is 0 Å². The second-order valence-electron chi connectivity index (χ2n) is 11.5. The average Bonchev–Trinajstić information content (AvgIpc) is 3.52. The van der Waals surface area contributed by atoms with Crippen LogP contribution in [0.1, 0.15) is 0 Å². The van der Waals surface area contributed by atoms with Crippen LogP contribution < -0.4 is 15.9 Å². The summed E-state index contributed by atoms with van der Waals surface area (Å²) in [5, 5.41) is 9.64. The van der Waals surface area contributed by atoms with E-state index in [2.05, 4.69) is 168 Å². The number of imidazole rings is 1. The molecular formula is C41H27N2PS. The van der Waals surface area contributed by atoms with Crippen LogP contribution in [0.25, 0.3) is 60.3 Å². The molecule has 0 radical (unpaired) electrons. The second-order valence-corrected chi connectivity index (χ2v) is 15.8. The van der Waals surface area contributed by atoms with Crippen LogP contribution in [0.3, 0.4) is 0 Å². The summed E-state index contributed by atoms with van der Waals surface area (Å²) in [6.45, 7) is 0. The molecule has 2 nitrogen and oxygen atoms in total. The van der Waals surface area contributed by atoms with Crippen LogP contribution in [0.2, 0.25) is 0 Å². The normalized spacial score (nSPS) is 12.1. The van der Waals surface area contributed by atoms with Crippen LogP contribution in [0.15, 0.2) is 164 Å². The molecule has 0 saturated heterocycles. The highest BCUT2D eigenvalue weighted by Gasteiger charge is 2.27. The molecule has 0 aliphatic heterocycles. The van der Waals surface area contributed by atoms with Crippen molar-refractivity contribution in [2.45, 2.75) is 0 Å². The number of pyridine rings is 1. The summed E-state index contributed by atoms with van der Waals surface area (Å²) in [5.41, 5.74) is 6.68. The molecule has 0 atom stereocenters. The van der Waals surface area contributed by atoms with E-state index in [1.54, 1.807) is 0 Å². The first-order chi connectivity index (χ1) is 22.2. The molecular weight excluding hydrogens is 584 g/mol. The summed E-state index contributed by atoms with van der Waals surface area (Å²) in [4.78, 5) is 5.10. The predicted octanol–water partition coefficient (Wildman–Crippen LogP) is 9.37. The van der Waals surface area contributed by atoms with Gasteiger partial charge in [0.05, 0.1) is 16.6 Å². The Morgan fingerprint density at radius 1 is 0.444 bits per heavy atom. The number of para-hydroxylation sites is 2. The first kappa shape index (κ1) is 26.3. The number of rotatable bonds is 4. The molecule has 0 amide bonds. The average molecular weight is 611 g/mol. The summed E-state index contributed by atoms with van der Waals surface area (Å²) in [6, 6.07) is 56.2. The zero-order chi connectivity index (χ0) is 30.0. The highest BCUT2D eigenvalue weighted by atomic mass is 32.4. The zero-order valence-electron chi connectivity index (χ0n) is 24.3. The van der Waals surface area contributed by atoms with Gasteiger partial charge in [0.2, 0.25) is 0 Å². The molecule has 9 aromatic rings. The molecule has 0 fully saturated rings. The number of hydrogen-bond donors (Lipinski definition) is 0. The standard InChI is InChI=1S/C41H27N2PS/c45-44(28-14-3-1-4-15-28,29-16-5-2-6-17-29)39-27-13-21-30-31(20-11-22-32(30)39)33-23-12-26-38-40(33)34-18-7-8-19-35(34)41-42-36-24-9-10-25-37(36)43(38)41/h1-27H. The number of hydrogen-bond acceptors (Lipinski definition) is 2. The summed E-state index contributed by atoms with van der Waals surface area (Å²) >= 11 is 6.82. The Bertz CT molecular complexity index is 2580. The minimum absolute atomic E-state index is 0.989. The van der Waals surface area contributed by atoms with Gasteiger partial charge in [0.25, 0.3) is 0 Å². The van der Waals surface area contributed by atoms with E-state index < -0.39 is 6.04 Å². The Balaban J connectivity index is 1.39. The minimum Gasteiger partial charge on any atom is -0.292 e. The van der Waals surface area contributed by atoms with Gasteiger partial charge in [-0.1, -0.05) is 157 Å². The quantitative estimate of drug-likeness (QED) is 0.146. The van der Waals surface area contributed by atoms with Crippen molar-refractivity contribution < 1.29 is 0 Å². The third-order valence-electron chi connectivity index (χ3n) is 9.05. The van der Waals surface area contributed by atoms with Gasteiger partial charge >= 0.3 is 0 Å². The summed E-state index contributed by atoms with van der Waals surface area (Å²) in [7, 11) is 0. The molecule has 0 aliphatic rings. The number of fused-ring (bicyclic) bond motifs is 9. The lowest BCUT2D eigenvalue weighted by Gasteiger charge is -2.26. The van der Waals surface area contributed by atoms with Crippen molar-refractivity contribution in [3.63, 3.8) is 0 Å². The van der Waals surface area contributed by atoms with Gasteiger partial charge in [-0.3, -0.25) is 4.40 Å². The Labute approximate surface area is 266 Å². The highest BCUT2D eigenvalue weighted by molar-refractivity contribution is 8.25. The maximum Gasteiger partial charge on any atom is 0.146 e. The lowest BCUT2D eigenvalue weighted by molar-refractivity contribution is 1.31. The summed E-state index contributed by atoms with van der Waals surface area (Å²) < 4.78 is 2.33. The van der Waals surface area contributed by atoms with E-state index in [1.807, 2.05) is 0 Å². The van der Waals surface area contributed by atoms with Crippen LogP contribution in [0.5, 0.6) is 0 Å². The highest BCUT2D eigenvalue weighted by Crippen LogP contribution is 2.46. The fourth-order valence-electron chi connectivity index (χ4n) is 7.09. The van der Waals surface area contributed by atoms with Gasteiger partial charge in [-0.05, 0) is 56.1 Å². The number of benzene rings is 7. The lowest BCUT2D eigenvalue weighted by atomic mass is 9.93. The SMILES string of the molecule is S=P(c1ccccc1)(c1ccccc1)c1cccc2c(-c3cccc4c3c3ccccc3c3nc5ccccc5n43)cccc12. The van der Waals surface area contributed by atoms with Crippen molar-refractivity contribution in [1.82, 2.24) is 9.38 Å². The molecule has 9 rings (SSSR count). The predicted molar refractivity (Wildman–Crippen MR) is 197 cm³/mol. The number of aromatic nitrogens is 2. The molecule has 212 valence electrons. The molecule has 2 aromatic heterocycles. The van der Waals surface area contributed by atoms with Crippen LogP contribution in [-0.2, 0) is 11.8 Å². The van der Waals surface area contributed by atoms with E-state index in [0.29, 0.717) is 0 Å². The van der Waals surface area contributed by atoms with Gasteiger partial charge < -0.3 is 0 Å². The van der Waals surface area contributed by atoms with E-state index in [4.69, 9.17) is 16.8 Å². The first-order valence-electron chi connectivity index (χ1n) is 15.2. The van der Waals surface area contributed by atoms with Crippen molar-refractivity contribution in [1.29, 1.82) is 0 Å². The smallest absolute Gasteiger partial charge is 0.146 e.